The van der Waals surface area contributed by atoms with Crippen LogP contribution in [-0.2, 0) is 25.5 Å². The molecule has 0 aromatic heterocycles. The molecule has 26 heavy (non-hydrogen) atoms. The van der Waals surface area contributed by atoms with E-state index in [4.69, 9.17) is 18.9 Å². The number of amides is 1. The molecule has 0 fully saturated rings. The third-order valence-electron chi connectivity index (χ3n) is 3.63. The summed E-state index contributed by atoms with van der Waals surface area (Å²) >= 11 is 5.01. The van der Waals surface area contributed by atoms with Crippen molar-refractivity contribution >= 4 is 33.6 Å². The van der Waals surface area contributed by atoms with E-state index in [2.05, 4.69) is 27.3 Å². The van der Waals surface area contributed by atoms with Gasteiger partial charge in [0.05, 0.1) is 52.9 Å². The molecular formula is C18H26BrNO5S. The van der Waals surface area contributed by atoms with Gasteiger partial charge in [0.1, 0.15) is 0 Å². The standard InChI is InChI=1S/C18H26BrNO5S/c19-4-5-22-6-7-23-8-9-24-10-11-25-12-13-26-17-3-1-2-15-16(17)14-20-18(15)21/h1-3H,4-14H2,(H,20,21). The lowest BCUT2D eigenvalue weighted by molar-refractivity contribution is 0.00152. The molecule has 2 rings (SSSR count). The lowest BCUT2D eigenvalue weighted by Gasteiger charge is -2.08. The summed E-state index contributed by atoms with van der Waals surface area (Å²) in [6.45, 7) is 5.45. The van der Waals surface area contributed by atoms with E-state index < -0.39 is 0 Å². The summed E-state index contributed by atoms with van der Waals surface area (Å²) in [6, 6.07) is 5.85. The highest BCUT2D eigenvalue weighted by Gasteiger charge is 2.20. The summed E-state index contributed by atoms with van der Waals surface area (Å²) in [4.78, 5) is 12.8. The highest BCUT2D eigenvalue weighted by molar-refractivity contribution is 9.09. The number of thioether (sulfide) groups is 1. The van der Waals surface area contributed by atoms with Crippen LogP contribution in [0.2, 0.25) is 0 Å². The van der Waals surface area contributed by atoms with E-state index in [0.29, 0.717) is 59.4 Å². The van der Waals surface area contributed by atoms with E-state index in [1.807, 2.05) is 12.1 Å². The molecule has 0 unspecified atom stereocenters. The van der Waals surface area contributed by atoms with Crippen LogP contribution in [0.3, 0.4) is 0 Å². The number of fused-ring (bicyclic) bond motifs is 1. The van der Waals surface area contributed by atoms with Gasteiger partial charge in [-0.25, -0.2) is 0 Å². The highest BCUT2D eigenvalue weighted by Crippen LogP contribution is 2.28. The predicted molar refractivity (Wildman–Crippen MR) is 105 cm³/mol. The minimum atomic E-state index is 0.0197. The summed E-state index contributed by atoms with van der Waals surface area (Å²) in [6.07, 6.45) is 0. The second-order valence-corrected chi connectivity index (χ2v) is 7.38. The maximum Gasteiger partial charge on any atom is 0.251 e. The molecular weight excluding hydrogens is 422 g/mol. The van der Waals surface area contributed by atoms with Gasteiger partial charge in [-0.05, 0) is 17.7 Å². The molecule has 0 saturated carbocycles. The molecule has 1 aromatic rings. The monoisotopic (exact) mass is 447 g/mol. The zero-order chi connectivity index (χ0) is 18.5. The van der Waals surface area contributed by atoms with Crippen molar-refractivity contribution < 1.29 is 23.7 Å². The quantitative estimate of drug-likeness (QED) is 0.253. The smallest absolute Gasteiger partial charge is 0.251 e. The van der Waals surface area contributed by atoms with Crippen molar-refractivity contribution in [3.63, 3.8) is 0 Å². The van der Waals surface area contributed by atoms with Crippen molar-refractivity contribution in [2.45, 2.75) is 11.4 Å². The van der Waals surface area contributed by atoms with Gasteiger partial charge in [-0.1, -0.05) is 22.0 Å². The van der Waals surface area contributed by atoms with Crippen LogP contribution in [0.5, 0.6) is 0 Å². The number of ether oxygens (including phenoxy) is 4. The molecule has 146 valence electrons. The van der Waals surface area contributed by atoms with Crippen LogP contribution in [0.15, 0.2) is 23.1 Å². The van der Waals surface area contributed by atoms with E-state index in [1.54, 1.807) is 11.8 Å². The average molecular weight is 448 g/mol. The summed E-state index contributed by atoms with van der Waals surface area (Å²) in [5.74, 6) is 0.869. The minimum absolute atomic E-state index is 0.0197. The lowest BCUT2D eigenvalue weighted by Crippen LogP contribution is -2.12. The summed E-state index contributed by atoms with van der Waals surface area (Å²) in [7, 11) is 0. The first-order chi connectivity index (χ1) is 12.8. The van der Waals surface area contributed by atoms with Gasteiger partial charge >= 0.3 is 0 Å². The maximum atomic E-state index is 11.6. The fraction of sp³-hybridized carbons (Fsp3) is 0.611. The van der Waals surface area contributed by atoms with Crippen LogP contribution in [0.25, 0.3) is 0 Å². The molecule has 8 heteroatoms. The predicted octanol–water partition coefficient (Wildman–Crippen LogP) is 2.48. The van der Waals surface area contributed by atoms with Crippen molar-refractivity contribution in [2.75, 3.05) is 63.9 Å². The Balaban J connectivity index is 1.41. The fourth-order valence-corrected chi connectivity index (χ4v) is 3.57. The SMILES string of the molecule is O=C1NCc2c(SCCOCCOCCOCCOCCBr)cccc21. The van der Waals surface area contributed by atoms with Crippen LogP contribution in [0.4, 0.5) is 0 Å². The number of benzene rings is 1. The molecule has 0 radical (unpaired) electrons. The first kappa shape index (κ1) is 21.7. The third-order valence-corrected chi connectivity index (χ3v) is 5.01. The maximum absolute atomic E-state index is 11.6. The second kappa shape index (κ2) is 13.5. The van der Waals surface area contributed by atoms with Crippen LogP contribution >= 0.6 is 27.7 Å². The number of rotatable bonds is 15. The largest absolute Gasteiger partial charge is 0.378 e. The second-order valence-electron chi connectivity index (χ2n) is 5.45. The van der Waals surface area contributed by atoms with E-state index in [1.165, 1.54) is 0 Å². The van der Waals surface area contributed by atoms with Gasteiger partial charge in [0, 0.05) is 28.1 Å². The Hall–Kier alpha value is -0.640. The van der Waals surface area contributed by atoms with Gasteiger partial charge in [-0.2, -0.15) is 0 Å². The zero-order valence-electron chi connectivity index (χ0n) is 14.8. The molecule has 6 nitrogen and oxygen atoms in total. The first-order valence-corrected chi connectivity index (χ1v) is 10.8. The van der Waals surface area contributed by atoms with Gasteiger partial charge in [-0.3, -0.25) is 4.79 Å². The van der Waals surface area contributed by atoms with Gasteiger partial charge in [0.15, 0.2) is 0 Å². The van der Waals surface area contributed by atoms with Crippen molar-refractivity contribution in [3.8, 4) is 0 Å². The summed E-state index contributed by atoms with van der Waals surface area (Å²) in [5, 5.41) is 3.70. The molecule has 1 heterocycles. The number of carbonyl (C=O) groups is 1. The van der Waals surface area contributed by atoms with E-state index >= 15 is 0 Å². The topological polar surface area (TPSA) is 66.0 Å². The lowest BCUT2D eigenvalue weighted by atomic mass is 10.1. The molecule has 0 aliphatic carbocycles. The number of alkyl halides is 1. The minimum Gasteiger partial charge on any atom is -0.378 e. The molecule has 1 amide bonds. The molecule has 0 spiro atoms. The zero-order valence-corrected chi connectivity index (χ0v) is 17.2. The van der Waals surface area contributed by atoms with E-state index in [-0.39, 0.29) is 5.91 Å². The molecule has 0 bridgehead atoms. The Labute approximate surface area is 167 Å². The number of carbonyl (C=O) groups excluding carboxylic acids is 1. The third kappa shape index (κ3) is 7.94. The van der Waals surface area contributed by atoms with Gasteiger partial charge < -0.3 is 24.3 Å². The Kier molecular flexibility index (Phi) is 11.3. The molecule has 1 aromatic carbocycles. The van der Waals surface area contributed by atoms with Crippen molar-refractivity contribution in [3.05, 3.63) is 29.3 Å². The molecule has 0 atom stereocenters. The van der Waals surface area contributed by atoms with Gasteiger partial charge in [-0.15, -0.1) is 11.8 Å². The van der Waals surface area contributed by atoms with Crippen molar-refractivity contribution in [1.82, 2.24) is 5.32 Å². The number of halogens is 1. The Morgan fingerprint density at radius 2 is 1.54 bits per heavy atom. The van der Waals surface area contributed by atoms with Gasteiger partial charge in [0.25, 0.3) is 5.91 Å². The summed E-state index contributed by atoms with van der Waals surface area (Å²) < 4.78 is 21.7. The van der Waals surface area contributed by atoms with Crippen molar-refractivity contribution in [2.24, 2.45) is 0 Å². The van der Waals surface area contributed by atoms with Crippen LogP contribution in [-0.4, -0.2) is 69.8 Å². The average Bonchev–Trinajstić information content (AvgIpc) is 3.04. The van der Waals surface area contributed by atoms with E-state index in [9.17, 15) is 4.79 Å². The normalized spacial score (nSPS) is 13.0. The summed E-state index contributed by atoms with van der Waals surface area (Å²) in [5.41, 5.74) is 1.89. The van der Waals surface area contributed by atoms with Crippen molar-refractivity contribution in [1.29, 1.82) is 0 Å². The fourth-order valence-electron chi connectivity index (χ4n) is 2.39. The Morgan fingerprint density at radius 1 is 0.923 bits per heavy atom. The molecule has 1 aliphatic heterocycles. The van der Waals surface area contributed by atoms with Crippen LogP contribution < -0.4 is 5.32 Å². The Morgan fingerprint density at radius 3 is 2.19 bits per heavy atom. The molecule has 1 aliphatic rings. The molecule has 1 N–H and O–H groups in total. The highest BCUT2D eigenvalue weighted by atomic mass is 79.9. The number of hydrogen-bond donors (Lipinski definition) is 1. The Bertz CT molecular complexity index is 546. The van der Waals surface area contributed by atoms with E-state index in [0.717, 1.165) is 27.1 Å². The number of hydrogen-bond acceptors (Lipinski definition) is 6. The van der Waals surface area contributed by atoms with Crippen LogP contribution in [0, 0.1) is 0 Å². The first-order valence-electron chi connectivity index (χ1n) is 8.72. The van der Waals surface area contributed by atoms with Crippen LogP contribution in [0.1, 0.15) is 15.9 Å². The molecule has 0 saturated heterocycles. The number of nitrogens with one attached hydrogen (secondary N) is 1. The van der Waals surface area contributed by atoms with Gasteiger partial charge in [0.2, 0.25) is 0 Å².